The summed E-state index contributed by atoms with van der Waals surface area (Å²) in [6.45, 7) is 0. The van der Waals surface area contributed by atoms with E-state index in [0.717, 1.165) is 10.1 Å². The Kier molecular flexibility index (Phi) is 2.53. The largest absolute Gasteiger partial charge is 0.292 e. The number of ketones is 1. The van der Waals surface area contributed by atoms with Crippen LogP contribution < -0.4 is 0 Å². The number of carbonyl (C=O) groups excluding carboxylic acids is 1. The molecule has 0 aliphatic rings. The highest BCUT2D eigenvalue weighted by molar-refractivity contribution is 7.20. The molecule has 0 atom stereocenters. The molecule has 0 unspecified atom stereocenters. The molecule has 0 saturated carbocycles. The summed E-state index contributed by atoms with van der Waals surface area (Å²) in [6.07, 6.45) is 5.15. The van der Waals surface area contributed by atoms with Crippen LogP contribution in [-0.2, 0) is 0 Å². The second kappa shape index (κ2) is 3.84. The number of hydrogen-bond acceptors (Lipinski definition) is 2. The van der Waals surface area contributed by atoms with Crippen LogP contribution in [0.4, 0.5) is 4.39 Å². The summed E-state index contributed by atoms with van der Waals surface area (Å²) < 4.78 is 13.7. The third kappa shape index (κ3) is 1.90. The number of terminal acetylenes is 1. The van der Waals surface area contributed by atoms with Gasteiger partial charge in [0, 0.05) is 4.70 Å². The van der Waals surface area contributed by atoms with E-state index in [1.807, 2.05) is 0 Å². The zero-order valence-corrected chi connectivity index (χ0v) is 8.60. The first-order valence-corrected chi connectivity index (χ1v) is 5.18. The van der Waals surface area contributed by atoms with Crippen LogP contribution in [0.25, 0.3) is 10.1 Å². The molecule has 0 fully saturated rings. The molecule has 0 amide bonds. The van der Waals surface area contributed by atoms with Crippen molar-refractivity contribution in [3.63, 3.8) is 0 Å². The van der Waals surface area contributed by atoms with Crippen molar-refractivity contribution in [2.24, 2.45) is 0 Å². The number of Topliss-reactive ketones (excluding diaryl/α,β-unsaturated/α-hetero) is 1. The first-order chi connectivity index (χ1) is 7.20. The molecule has 0 saturated heterocycles. The highest BCUT2D eigenvalue weighted by atomic mass is 32.1. The zero-order chi connectivity index (χ0) is 10.8. The van der Waals surface area contributed by atoms with Crippen LogP contribution in [0.15, 0.2) is 24.3 Å². The van der Waals surface area contributed by atoms with Crippen molar-refractivity contribution >= 4 is 27.2 Å². The fourth-order valence-corrected chi connectivity index (χ4v) is 2.35. The van der Waals surface area contributed by atoms with Crippen LogP contribution in [0.3, 0.4) is 0 Å². The first-order valence-electron chi connectivity index (χ1n) is 4.36. The Labute approximate surface area is 90.5 Å². The molecule has 74 valence electrons. The van der Waals surface area contributed by atoms with E-state index in [1.165, 1.54) is 23.5 Å². The molecule has 0 aliphatic heterocycles. The predicted molar refractivity (Wildman–Crippen MR) is 59.6 cm³/mol. The van der Waals surface area contributed by atoms with Gasteiger partial charge in [0.25, 0.3) is 0 Å². The van der Waals surface area contributed by atoms with Crippen molar-refractivity contribution in [1.82, 2.24) is 0 Å². The van der Waals surface area contributed by atoms with E-state index in [4.69, 9.17) is 6.42 Å². The lowest BCUT2D eigenvalue weighted by Gasteiger charge is -1.87. The minimum Gasteiger partial charge on any atom is -0.292 e. The van der Waals surface area contributed by atoms with Crippen LogP contribution in [0.1, 0.15) is 16.1 Å². The first kappa shape index (κ1) is 9.88. The van der Waals surface area contributed by atoms with Gasteiger partial charge >= 0.3 is 0 Å². The summed E-state index contributed by atoms with van der Waals surface area (Å²) in [5.41, 5.74) is 0. The third-order valence-corrected chi connectivity index (χ3v) is 3.16. The average Bonchev–Trinajstić information content (AvgIpc) is 2.60. The second-order valence-electron chi connectivity index (χ2n) is 3.10. The maximum Gasteiger partial charge on any atom is 0.184 e. The van der Waals surface area contributed by atoms with Gasteiger partial charge in [-0.3, -0.25) is 4.79 Å². The van der Waals surface area contributed by atoms with E-state index in [9.17, 15) is 9.18 Å². The van der Waals surface area contributed by atoms with E-state index in [0.29, 0.717) is 4.88 Å². The van der Waals surface area contributed by atoms with E-state index >= 15 is 0 Å². The molecular formula is C12H7FOS. The van der Waals surface area contributed by atoms with Crippen molar-refractivity contribution in [3.8, 4) is 12.3 Å². The molecular weight excluding hydrogens is 211 g/mol. The van der Waals surface area contributed by atoms with Crippen LogP contribution in [-0.4, -0.2) is 5.78 Å². The van der Waals surface area contributed by atoms with Gasteiger partial charge in [0.2, 0.25) is 0 Å². The Balaban J connectivity index is 2.48. The fourth-order valence-electron chi connectivity index (χ4n) is 1.32. The SMILES string of the molecule is C#CCC(=O)c1cc2ccc(F)cc2s1. The Bertz CT molecular complexity index is 562. The second-order valence-corrected chi connectivity index (χ2v) is 4.18. The van der Waals surface area contributed by atoms with Gasteiger partial charge < -0.3 is 0 Å². The molecule has 0 spiro atoms. The van der Waals surface area contributed by atoms with Gasteiger partial charge in [0.1, 0.15) is 5.82 Å². The van der Waals surface area contributed by atoms with E-state index < -0.39 is 0 Å². The van der Waals surface area contributed by atoms with Crippen LogP contribution in [0, 0.1) is 18.2 Å². The maximum absolute atomic E-state index is 12.9. The van der Waals surface area contributed by atoms with Crippen LogP contribution >= 0.6 is 11.3 Å². The van der Waals surface area contributed by atoms with Gasteiger partial charge in [-0.05, 0) is 23.6 Å². The molecule has 0 N–H and O–H groups in total. The third-order valence-electron chi connectivity index (χ3n) is 2.02. The minimum atomic E-state index is -0.291. The Morgan fingerprint density at radius 3 is 3.00 bits per heavy atom. The zero-order valence-electron chi connectivity index (χ0n) is 7.79. The van der Waals surface area contributed by atoms with Crippen molar-refractivity contribution in [1.29, 1.82) is 0 Å². The molecule has 0 bridgehead atoms. The van der Waals surface area contributed by atoms with Gasteiger partial charge in [-0.2, -0.15) is 0 Å². The Morgan fingerprint density at radius 1 is 1.47 bits per heavy atom. The fraction of sp³-hybridized carbons (Fsp3) is 0.0833. The summed E-state index contributed by atoms with van der Waals surface area (Å²) in [5.74, 6) is 1.93. The van der Waals surface area contributed by atoms with Gasteiger partial charge in [-0.15, -0.1) is 17.8 Å². The molecule has 1 aromatic heterocycles. The molecule has 3 heteroatoms. The number of carbonyl (C=O) groups is 1. The average molecular weight is 218 g/mol. The lowest BCUT2D eigenvalue weighted by Crippen LogP contribution is -1.91. The molecule has 0 radical (unpaired) electrons. The monoisotopic (exact) mass is 218 g/mol. The molecule has 1 nitrogen and oxygen atoms in total. The lowest BCUT2D eigenvalue weighted by atomic mass is 10.2. The Morgan fingerprint density at radius 2 is 2.27 bits per heavy atom. The standard InChI is InChI=1S/C12H7FOS/c1-2-3-10(14)12-6-8-4-5-9(13)7-11(8)15-12/h1,4-7H,3H2. The minimum absolute atomic E-state index is 0.0842. The van der Waals surface area contributed by atoms with Gasteiger partial charge in [-0.25, -0.2) is 4.39 Å². The summed E-state index contributed by atoms with van der Waals surface area (Å²) in [5, 5.41) is 0.877. The lowest BCUT2D eigenvalue weighted by molar-refractivity contribution is 0.100. The molecule has 2 rings (SSSR count). The maximum atomic E-state index is 12.9. The number of hydrogen-bond donors (Lipinski definition) is 0. The highest BCUT2D eigenvalue weighted by Crippen LogP contribution is 2.27. The number of benzene rings is 1. The molecule has 1 aromatic carbocycles. The number of fused-ring (bicyclic) bond motifs is 1. The van der Waals surface area contributed by atoms with E-state index in [-0.39, 0.29) is 18.0 Å². The van der Waals surface area contributed by atoms with Crippen molar-refractivity contribution in [3.05, 3.63) is 35.0 Å². The van der Waals surface area contributed by atoms with Crippen LogP contribution in [0.2, 0.25) is 0 Å². The van der Waals surface area contributed by atoms with Gasteiger partial charge in [0.05, 0.1) is 11.3 Å². The molecule has 1 heterocycles. The smallest absolute Gasteiger partial charge is 0.184 e. The van der Waals surface area contributed by atoms with Gasteiger partial charge in [0.15, 0.2) is 5.78 Å². The summed E-state index contributed by atoms with van der Waals surface area (Å²) in [7, 11) is 0. The quantitative estimate of drug-likeness (QED) is 0.558. The topological polar surface area (TPSA) is 17.1 Å². The van der Waals surface area contributed by atoms with E-state index in [1.54, 1.807) is 12.1 Å². The number of rotatable bonds is 2. The normalized spacial score (nSPS) is 10.1. The highest BCUT2D eigenvalue weighted by Gasteiger charge is 2.09. The summed E-state index contributed by atoms with van der Waals surface area (Å²) in [4.78, 5) is 12.1. The molecule has 2 aromatic rings. The number of thiophene rings is 1. The summed E-state index contributed by atoms with van der Waals surface area (Å²) >= 11 is 1.27. The Hall–Kier alpha value is -1.66. The number of halogens is 1. The van der Waals surface area contributed by atoms with Crippen LogP contribution in [0.5, 0.6) is 0 Å². The molecule has 0 aliphatic carbocycles. The predicted octanol–water partition coefficient (Wildman–Crippen LogP) is 3.25. The molecule has 15 heavy (non-hydrogen) atoms. The van der Waals surface area contributed by atoms with Crippen molar-refractivity contribution in [2.75, 3.05) is 0 Å². The van der Waals surface area contributed by atoms with Crippen molar-refractivity contribution < 1.29 is 9.18 Å². The van der Waals surface area contributed by atoms with E-state index in [2.05, 4.69) is 5.92 Å². The summed E-state index contributed by atoms with van der Waals surface area (Å²) in [6, 6.07) is 6.21. The van der Waals surface area contributed by atoms with Crippen molar-refractivity contribution in [2.45, 2.75) is 6.42 Å². The van der Waals surface area contributed by atoms with Gasteiger partial charge in [-0.1, -0.05) is 12.0 Å².